The second kappa shape index (κ2) is 5.27. The van der Waals surface area contributed by atoms with Gasteiger partial charge in [0.25, 0.3) is 0 Å². The number of thiophene rings is 1. The van der Waals surface area contributed by atoms with Gasteiger partial charge in [0.05, 0.1) is 11.4 Å². The van der Waals surface area contributed by atoms with Gasteiger partial charge in [0.15, 0.2) is 0 Å². The average Bonchev–Trinajstić information content (AvgIpc) is 2.75. The summed E-state index contributed by atoms with van der Waals surface area (Å²) in [5, 5.41) is 10.8. The molecule has 90 valence electrons. The van der Waals surface area contributed by atoms with Crippen LogP contribution < -0.4 is 4.74 Å². The highest BCUT2D eigenvalue weighted by atomic mass is 35.5. The fourth-order valence-electron chi connectivity index (χ4n) is 1.55. The Morgan fingerprint density at radius 3 is 2.59 bits per heavy atom. The maximum Gasteiger partial charge on any atom is 0.125 e. The SMILES string of the molecule is COc1ccc(Cl)cc1C(O)c1ccc(Cl)s1. The topological polar surface area (TPSA) is 29.5 Å². The molecule has 5 heteroatoms. The number of ether oxygens (including phenoxy) is 1. The summed E-state index contributed by atoms with van der Waals surface area (Å²) < 4.78 is 5.84. The zero-order valence-electron chi connectivity index (χ0n) is 8.98. The number of rotatable bonds is 3. The molecule has 1 unspecified atom stereocenters. The molecular formula is C12H10Cl2O2S. The molecule has 2 rings (SSSR count). The molecule has 0 aliphatic heterocycles. The van der Waals surface area contributed by atoms with Crippen LogP contribution in [-0.4, -0.2) is 12.2 Å². The third-order valence-electron chi connectivity index (χ3n) is 2.35. The largest absolute Gasteiger partial charge is 0.496 e. The second-order valence-electron chi connectivity index (χ2n) is 3.43. The second-order valence-corrected chi connectivity index (χ2v) is 5.61. The Morgan fingerprint density at radius 2 is 2.00 bits per heavy atom. The van der Waals surface area contributed by atoms with Gasteiger partial charge in [-0.05, 0) is 30.3 Å². The normalized spacial score (nSPS) is 12.5. The van der Waals surface area contributed by atoms with Crippen molar-refractivity contribution in [2.75, 3.05) is 7.11 Å². The van der Waals surface area contributed by atoms with E-state index in [4.69, 9.17) is 27.9 Å². The lowest BCUT2D eigenvalue weighted by atomic mass is 10.1. The van der Waals surface area contributed by atoms with E-state index in [9.17, 15) is 5.11 Å². The van der Waals surface area contributed by atoms with E-state index in [1.807, 2.05) is 0 Å². The van der Waals surface area contributed by atoms with Crippen molar-refractivity contribution in [2.45, 2.75) is 6.10 Å². The van der Waals surface area contributed by atoms with Gasteiger partial charge in [0.2, 0.25) is 0 Å². The Morgan fingerprint density at radius 1 is 1.24 bits per heavy atom. The molecule has 17 heavy (non-hydrogen) atoms. The van der Waals surface area contributed by atoms with Crippen LogP contribution in [0.5, 0.6) is 5.75 Å². The van der Waals surface area contributed by atoms with Gasteiger partial charge < -0.3 is 9.84 Å². The molecule has 1 atom stereocenters. The quantitative estimate of drug-likeness (QED) is 0.920. The fraction of sp³-hybridized carbons (Fsp3) is 0.167. The molecular weight excluding hydrogens is 279 g/mol. The number of aliphatic hydroxyl groups excluding tert-OH is 1. The Balaban J connectivity index is 2.42. The molecule has 0 amide bonds. The lowest BCUT2D eigenvalue weighted by molar-refractivity contribution is 0.218. The molecule has 0 saturated heterocycles. The zero-order valence-corrected chi connectivity index (χ0v) is 11.3. The summed E-state index contributed by atoms with van der Waals surface area (Å²) in [6, 6.07) is 8.69. The molecule has 1 aromatic carbocycles. The third-order valence-corrected chi connectivity index (χ3v) is 3.87. The molecule has 0 aliphatic rings. The summed E-state index contributed by atoms with van der Waals surface area (Å²) in [7, 11) is 1.56. The lowest BCUT2D eigenvalue weighted by Gasteiger charge is -2.13. The van der Waals surface area contributed by atoms with Crippen LogP contribution in [0.4, 0.5) is 0 Å². The van der Waals surface area contributed by atoms with Crippen LogP contribution >= 0.6 is 34.5 Å². The van der Waals surface area contributed by atoms with E-state index in [1.54, 1.807) is 37.4 Å². The van der Waals surface area contributed by atoms with Crippen molar-refractivity contribution in [3.05, 3.63) is 50.1 Å². The van der Waals surface area contributed by atoms with Gasteiger partial charge in [0.1, 0.15) is 11.9 Å². The lowest BCUT2D eigenvalue weighted by Crippen LogP contribution is -2.00. The van der Waals surface area contributed by atoms with E-state index in [0.29, 0.717) is 20.7 Å². The van der Waals surface area contributed by atoms with Crippen molar-refractivity contribution < 1.29 is 9.84 Å². The maximum atomic E-state index is 10.3. The monoisotopic (exact) mass is 288 g/mol. The fourth-order valence-corrected chi connectivity index (χ4v) is 2.79. The number of methoxy groups -OCH3 is 1. The Kier molecular flexibility index (Phi) is 3.94. The molecule has 0 fully saturated rings. The number of hydrogen-bond donors (Lipinski definition) is 1. The smallest absolute Gasteiger partial charge is 0.125 e. The third kappa shape index (κ3) is 2.75. The van der Waals surface area contributed by atoms with Crippen molar-refractivity contribution in [3.63, 3.8) is 0 Å². The first-order chi connectivity index (χ1) is 8.11. The number of aliphatic hydroxyl groups is 1. The predicted molar refractivity (Wildman–Crippen MR) is 71.4 cm³/mol. The molecule has 1 heterocycles. The molecule has 0 spiro atoms. The van der Waals surface area contributed by atoms with Crippen LogP contribution in [0.1, 0.15) is 16.5 Å². The summed E-state index contributed by atoms with van der Waals surface area (Å²) >= 11 is 13.1. The first kappa shape index (κ1) is 12.7. The van der Waals surface area contributed by atoms with Gasteiger partial charge in [-0.2, -0.15) is 0 Å². The molecule has 0 bridgehead atoms. The molecule has 1 N–H and O–H groups in total. The van der Waals surface area contributed by atoms with Crippen LogP contribution in [0.25, 0.3) is 0 Å². The van der Waals surface area contributed by atoms with Crippen LogP contribution in [0.15, 0.2) is 30.3 Å². The molecule has 0 radical (unpaired) electrons. The molecule has 2 aromatic rings. The molecule has 1 aromatic heterocycles. The van der Waals surface area contributed by atoms with Gasteiger partial charge >= 0.3 is 0 Å². The summed E-state index contributed by atoms with van der Waals surface area (Å²) in [5.41, 5.74) is 0.638. The predicted octanol–water partition coefficient (Wildman–Crippen LogP) is 4.15. The first-order valence-electron chi connectivity index (χ1n) is 4.88. The van der Waals surface area contributed by atoms with Crippen molar-refractivity contribution in [2.24, 2.45) is 0 Å². The van der Waals surface area contributed by atoms with Gasteiger partial charge in [-0.25, -0.2) is 0 Å². The molecule has 0 aliphatic carbocycles. The Labute approximate surface area is 113 Å². The summed E-state index contributed by atoms with van der Waals surface area (Å²) in [5.74, 6) is 0.603. The number of benzene rings is 1. The van der Waals surface area contributed by atoms with Crippen molar-refractivity contribution in [1.29, 1.82) is 0 Å². The summed E-state index contributed by atoms with van der Waals surface area (Å²) in [6.07, 6.45) is -0.777. The number of halogens is 2. The van der Waals surface area contributed by atoms with Crippen LogP contribution in [0, 0.1) is 0 Å². The van der Waals surface area contributed by atoms with E-state index >= 15 is 0 Å². The zero-order chi connectivity index (χ0) is 12.4. The minimum Gasteiger partial charge on any atom is -0.496 e. The Bertz CT molecular complexity index is 525. The van der Waals surface area contributed by atoms with Crippen LogP contribution in [0.2, 0.25) is 9.36 Å². The summed E-state index contributed by atoms with van der Waals surface area (Å²) in [4.78, 5) is 0.760. The van der Waals surface area contributed by atoms with E-state index < -0.39 is 6.10 Å². The standard InChI is InChI=1S/C12H10Cl2O2S/c1-16-9-3-2-7(13)6-8(9)12(15)10-4-5-11(14)17-10/h2-6,12,15H,1H3. The minimum atomic E-state index is -0.777. The maximum absolute atomic E-state index is 10.3. The molecule has 2 nitrogen and oxygen atoms in total. The summed E-state index contributed by atoms with van der Waals surface area (Å²) in [6.45, 7) is 0. The average molecular weight is 289 g/mol. The highest BCUT2D eigenvalue weighted by Gasteiger charge is 2.17. The van der Waals surface area contributed by atoms with E-state index in [0.717, 1.165) is 4.88 Å². The van der Waals surface area contributed by atoms with Crippen molar-refractivity contribution in [3.8, 4) is 5.75 Å². The van der Waals surface area contributed by atoms with Crippen molar-refractivity contribution in [1.82, 2.24) is 0 Å². The van der Waals surface area contributed by atoms with Crippen LogP contribution in [-0.2, 0) is 0 Å². The van der Waals surface area contributed by atoms with Gasteiger partial charge in [-0.15, -0.1) is 11.3 Å². The highest BCUT2D eigenvalue weighted by Crippen LogP contribution is 2.36. The Hall–Kier alpha value is -0.740. The minimum absolute atomic E-state index is 0.558. The van der Waals surface area contributed by atoms with E-state index in [-0.39, 0.29) is 0 Å². The molecule has 0 saturated carbocycles. The van der Waals surface area contributed by atoms with Gasteiger partial charge in [0, 0.05) is 15.5 Å². The van der Waals surface area contributed by atoms with Gasteiger partial charge in [-0.1, -0.05) is 23.2 Å². The van der Waals surface area contributed by atoms with Crippen molar-refractivity contribution >= 4 is 34.5 Å². The van der Waals surface area contributed by atoms with Crippen LogP contribution in [0.3, 0.4) is 0 Å². The first-order valence-corrected chi connectivity index (χ1v) is 6.46. The highest BCUT2D eigenvalue weighted by molar-refractivity contribution is 7.16. The van der Waals surface area contributed by atoms with E-state index in [1.165, 1.54) is 11.3 Å². The van der Waals surface area contributed by atoms with E-state index in [2.05, 4.69) is 0 Å². The van der Waals surface area contributed by atoms with Gasteiger partial charge in [-0.3, -0.25) is 0 Å². The number of hydrogen-bond acceptors (Lipinski definition) is 3.